The first-order valence-corrected chi connectivity index (χ1v) is 13.3. The monoisotopic (exact) mass is 548 g/mol. The Morgan fingerprint density at radius 2 is 1.89 bits per heavy atom. The lowest BCUT2D eigenvalue weighted by Crippen LogP contribution is -2.31. The molecule has 36 heavy (non-hydrogen) atoms. The molecular formula is C25H20ClF3N4OS2. The van der Waals surface area contributed by atoms with Gasteiger partial charge in [-0.15, -0.1) is 23.1 Å². The van der Waals surface area contributed by atoms with Gasteiger partial charge in [-0.25, -0.2) is 23.1 Å². The molecule has 1 aliphatic carbocycles. The number of hydrogen-bond donors (Lipinski definition) is 1. The first-order valence-electron chi connectivity index (χ1n) is 11.1. The summed E-state index contributed by atoms with van der Waals surface area (Å²) < 4.78 is 40.8. The zero-order valence-corrected chi connectivity index (χ0v) is 21.5. The third-order valence-electron chi connectivity index (χ3n) is 5.83. The van der Waals surface area contributed by atoms with Crippen molar-refractivity contribution in [3.05, 3.63) is 75.1 Å². The SMILES string of the molecule is CN(CC(=O)Nc1ccc(F)c(F)c1F)c1nc(CSc2ccc(Cl)cc2)nc2sc3c(c12)CCC3. The Morgan fingerprint density at radius 3 is 2.67 bits per heavy atom. The van der Waals surface area contributed by atoms with Crippen LogP contribution in [0.2, 0.25) is 5.02 Å². The standard InChI is InChI=1S/C25H20ClF3N4OS2/c1-33(11-20(34)30-17-10-9-16(27)22(28)23(17)29)24-21-15-3-2-4-18(15)36-25(21)32-19(31-24)12-35-14-7-5-13(26)6-8-14/h5-10H,2-4,11-12H2,1H3,(H,30,34). The number of nitrogens with zero attached hydrogens (tertiary/aromatic N) is 3. The summed E-state index contributed by atoms with van der Waals surface area (Å²) in [5, 5.41) is 3.92. The van der Waals surface area contributed by atoms with Gasteiger partial charge in [-0.05, 0) is 61.2 Å². The Bertz CT molecular complexity index is 1460. The molecule has 5 nitrogen and oxygen atoms in total. The number of aromatic nitrogens is 2. The maximum Gasteiger partial charge on any atom is 0.244 e. The minimum atomic E-state index is -1.63. The van der Waals surface area contributed by atoms with Gasteiger partial charge in [0.25, 0.3) is 0 Å². The van der Waals surface area contributed by atoms with Crippen molar-refractivity contribution in [3.8, 4) is 0 Å². The van der Waals surface area contributed by atoms with E-state index >= 15 is 0 Å². The third-order valence-corrected chi connectivity index (χ3v) is 8.27. The van der Waals surface area contributed by atoms with Crippen molar-refractivity contribution in [1.29, 1.82) is 0 Å². The van der Waals surface area contributed by atoms with E-state index < -0.39 is 29.0 Å². The van der Waals surface area contributed by atoms with Crippen LogP contribution in [0.3, 0.4) is 0 Å². The fraction of sp³-hybridized carbons (Fsp3) is 0.240. The van der Waals surface area contributed by atoms with Crippen molar-refractivity contribution in [3.63, 3.8) is 0 Å². The number of hydrogen-bond acceptors (Lipinski definition) is 6. The summed E-state index contributed by atoms with van der Waals surface area (Å²) in [6.45, 7) is -0.168. The van der Waals surface area contributed by atoms with Crippen LogP contribution in [0.5, 0.6) is 0 Å². The molecule has 0 saturated heterocycles. The number of carbonyl (C=O) groups excluding carboxylic acids is 1. The molecule has 0 radical (unpaired) electrons. The molecule has 186 valence electrons. The van der Waals surface area contributed by atoms with Crippen LogP contribution in [-0.4, -0.2) is 29.5 Å². The molecule has 0 fully saturated rings. The fourth-order valence-electron chi connectivity index (χ4n) is 4.14. The minimum absolute atomic E-state index is 0.168. The van der Waals surface area contributed by atoms with Crippen molar-refractivity contribution in [2.24, 2.45) is 0 Å². The predicted molar refractivity (Wildman–Crippen MR) is 139 cm³/mol. The molecule has 0 unspecified atom stereocenters. The van der Waals surface area contributed by atoms with Gasteiger partial charge in [-0.1, -0.05) is 11.6 Å². The van der Waals surface area contributed by atoms with Crippen LogP contribution in [0.25, 0.3) is 10.2 Å². The summed E-state index contributed by atoms with van der Waals surface area (Å²) in [4.78, 5) is 27.1. The highest BCUT2D eigenvalue weighted by atomic mass is 35.5. The van der Waals surface area contributed by atoms with Gasteiger partial charge in [0.1, 0.15) is 16.5 Å². The number of thiophene rings is 1. The number of anilines is 2. The van der Waals surface area contributed by atoms with Gasteiger partial charge in [0.05, 0.1) is 23.4 Å². The average Bonchev–Trinajstić information content (AvgIpc) is 3.45. The van der Waals surface area contributed by atoms with E-state index in [1.54, 1.807) is 35.0 Å². The highest BCUT2D eigenvalue weighted by Crippen LogP contribution is 2.41. The van der Waals surface area contributed by atoms with Gasteiger partial charge in [0.2, 0.25) is 5.91 Å². The molecule has 1 N–H and O–H groups in total. The quantitative estimate of drug-likeness (QED) is 0.208. The molecule has 11 heteroatoms. The second-order valence-electron chi connectivity index (χ2n) is 8.37. The molecule has 0 bridgehead atoms. The largest absolute Gasteiger partial charge is 0.350 e. The van der Waals surface area contributed by atoms with Crippen molar-refractivity contribution in [2.75, 3.05) is 23.8 Å². The molecule has 0 aliphatic heterocycles. The van der Waals surface area contributed by atoms with Crippen LogP contribution >= 0.6 is 34.7 Å². The Hall–Kier alpha value is -2.82. The molecule has 2 heterocycles. The summed E-state index contributed by atoms with van der Waals surface area (Å²) in [7, 11) is 1.72. The van der Waals surface area contributed by atoms with Crippen LogP contribution < -0.4 is 10.2 Å². The molecular weight excluding hydrogens is 529 g/mol. The van der Waals surface area contributed by atoms with Crippen molar-refractivity contribution in [1.82, 2.24) is 9.97 Å². The molecule has 0 saturated carbocycles. The van der Waals surface area contributed by atoms with Gasteiger partial charge in [-0.2, -0.15) is 0 Å². The second-order valence-corrected chi connectivity index (χ2v) is 10.9. The molecule has 5 rings (SSSR count). The lowest BCUT2D eigenvalue weighted by molar-refractivity contribution is -0.115. The number of benzene rings is 2. The summed E-state index contributed by atoms with van der Waals surface area (Å²) in [5.41, 5.74) is 0.789. The number of rotatable bonds is 7. The van der Waals surface area contributed by atoms with E-state index in [1.807, 2.05) is 24.3 Å². The third kappa shape index (κ3) is 5.02. The van der Waals surface area contributed by atoms with Crippen molar-refractivity contribution >= 4 is 62.3 Å². The van der Waals surface area contributed by atoms with Crippen LogP contribution in [0.15, 0.2) is 41.3 Å². The fourth-order valence-corrected chi connectivity index (χ4v) is 6.30. The van der Waals surface area contributed by atoms with Crippen LogP contribution in [0.4, 0.5) is 24.7 Å². The first-order chi connectivity index (χ1) is 17.3. The van der Waals surface area contributed by atoms with E-state index in [-0.39, 0.29) is 6.54 Å². The number of carbonyl (C=O) groups is 1. The summed E-state index contributed by atoms with van der Waals surface area (Å²) in [6.07, 6.45) is 2.97. The van der Waals surface area contributed by atoms with E-state index in [2.05, 4.69) is 5.32 Å². The van der Waals surface area contributed by atoms with Gasteiger partial charge in [0, 0.05) is 21.8 Å². The molecule has 2 aromatic heterocycles. The maximum atomic E-state index is 14.0. The number of aryl methyl sites for hydroxylation is 2. The van der Waals surface area contributed by atoms with E-state index in [4.69, 9.17) is 21.6 Å². The second kappa shape index (κ2) is 10.3. The topological polar surface area (TPSA) is 58.1 Å². The molecule has 0 atom stereocenters. The lowest BCUT2D eigenvalue weighted by Gasteiger charge is -2.20. The minimum Gasteiger partial charge on any atom is -0.350 e. The zero-order chi connectivity index (χ0) is 25.4. The molecule has 2 aromatic carbocycles. The highest BCUT2D eigenvalue weighted by molar-refractivity contribution is 7.98. The molecule has 4 aromatic rings. The van der Waals surface area contributed by atoms with E-state index in [1.165, 1.54) is 10.4 Å². The van der Waals surface area contributed by atoms with Crippen LogP contribution in [0, 0.1) is 17.5 Å². The molecule has 0 spiro atoms. The highest BCUT2D eigenvalue weighted by Gasteiger charge is 2.25. The van der Waals surface area contributed by atoms with E-state index in [0.717, 1.165) is 46.5 Å². The first kappa shape index (κ1) is 24.9. The summed E-state index contributed by atoms with van der Waals surface area (Å²) in [5.74, 6) is -3.21. The van der Waals surface area contributed by atoms with Gasteiger partial charge >= 0.3 is 0 Å². The summed E-state index contributed by atoms with van der Waals surface area (Å²) in [6, 6.07) is 9.27. The van der Waals surface area contributed by atoms with Gasteiger partial charge in [-0.3, -0.25) is 4.79 Å². The molecule has 1 aliphatic rings. The predicted octanol–water partition coefficient (Wildman–Crippen LogP) is 6.62. The Balaban J connectivity index is 1.40. The number of halogens is 4. The normalized spacial score (nSPS) is 12.7. The Kier molecular flexibility index (Phi) is 7.09. The van der Waals surface area contributed by atoms with E-state index in [9.17, 15) is 18.0 Å². The Labute approximate surface area is 218 Å². The van der Waals surface area contributed by atoms with Crippen molar-refractivity contribution in [2.45, 2.75) is 29.9 Å². The smallest absolute Gasteiger partial charge is 0.244 e. The summed E-state index contributed by atoms with van der Waals surface area (Å²) >= 11 is 9.20. The lowest BCUT2D eigenvalue weighted by atomic mass is 10.2. The number of nitrogens with one attached hydrogen (secondary N) is 1. The molecule has 1 amide bonds. The maximum absolute atomic E-state index is 14.0. The number of fused-ring (bicyclic) bond motifs is 3. The van der Waals surface area contributed by atoms with Crippen molar-refractivity contribution < 1.29 is 18.0 Å². The van der Waals surface area contributed by atoms with Crippen LogP contribution in [0.1, 0.15) is 22.7 Å². The average molecular weight is 549 g/mol. The van der Waals surface area contributed by atoms with Crippen LogP contribution in [-0.2, 0) is 23.4 Å². The Morgan fingerprint density at radius 1 is 1.11 bits per heavy atom. The van der Waals surface area contributed by atoms with E-state index in [0.29, 0.717) is 22.4 Å². The van der Waals surface area contributed by atoms with Gasteiger partial charge < -0.3 is 10.2 Å². The van der Waals surface area contributed by atoms with Gasteiger partial charge in [0.15, 0.2) is 17.5 Å². The number of thioether (sulfide) groups is 1. The zero-order valence-electron chi connectivity index (χ0n) is 19.1. The number of likely N-dealkylation sites (N-methyl/N-ethyl adjacent to an activating group) is 1. The number of amides is 1.